The molecule has 3 nitrogen and oxygen atoms in total. The monoisotopic (exact) mass is 197 g/mol. The van der Waals surface area contributed by atoms with Crippen LogP contribution in [0, 0.1) is 6.92 Å². The van der Waals surface area contributed by atoms with Crippen LogP contribution in [0.25, 0.3) is 0 Å². The van der Waals surface area contributed by atoms with Crippen LogP contribution >= 0.6 is 11.3 Å². The Morgan fingerprint density at radius 2 is 2.38 bits per heavy atom. The van der Waals surface area contributed by atoms with Gasteiger partial charge in [-0.05, 0) is 19.1 Å². The van der Waals surface area contributed by atoms with Crippen LogP contribution in [-0.2, 0) is 4.74 Å². The first-order valence-corrected chi connectivity index (χ1v) is 4.96. The van der Waals surface area contributed by atoms with E-state index in [1.165, 1.54) is 4.88 Å². The number of ether oxygens (including phenoxy) is 1. The third-order valence-corrected chi connectivity index (χ3v) is 3.17. The van der Waals surface area contributed by atoms with E-state index in [2.05, 4.69) is 6.92 Å². The average molecular weight is 197 g/mol. The van der Waals surface area contributed by atoms with Crippen molar-refractivity contribution < 1.29 is 9.53 Å². The molecule has 0 bridgehead atoms. The molecule has 1 saturated heterocycles. The molecular formula is C9H11NO2S. The zero-order valence-electron chi connectivity index (χ0n) is 7.61. The number of amides is 1. The molecule has 1 aliphatic heterocycles. The van der Waals surface area contributed by atoms with Gasteiger partial charge in [0, 0.05) is 16.8 Å². The van der Waals surface area contributed by atoms with E-state index >= 15 is 0 Å². The second-order valence-corrected chi connectivity index (χ2v) is 4.52. The summed E-state index contributed by atoms with van der Waals surface area (Å²) in [7, 11) is 1.75. The van der Waals surface area contributed by atoms with Crippen molar-refractivity contribution in [1.82, 2.24) is 4.90 Å². The summed E-state index contributed by atoms with van der Waals surface area (Å²) in [6.45, 7) is 2.72. The molecule has 70 valence electrons. The number of nitrogens with zero attached hydrogens (tertiary/aromatic N) is 1. The molecule has 1 unspecified atom stereocenters. The highest BCUT2D eigenvalue weighted by atomic mass is 32.1. The Hall–Kier alpha value is -1.03. The smallest absolute Gasteiger partial charge is 0.410 e. The Kier molecular flexibility index (Phi) is 2.00. The number of carbonyl (C=O) groups excluding carboxylic acids is 1. The van der Waals surface area contributed by atoms with Crippen LogP contribution in [0.2, 0.25) is 0 Å². The lowest BCUT2D eigenvalue weighted by Crippen LogP contribution is -2.17. The lowest BCUT2D eigenvalue weighted by atomic mass is 10.3. The molecule has 13 heavy (non-hydrogen) atoms. The first kappa shape index (κ1) is 8.56. The molecule has 0 saturated carbocycles. The van der Waals surface area contributed by atoms with Gasteiger partial charge in [-0.25, -0.2) is 4.79 Å². The van der Waals surface area contributed by atoms with Crippen molar-refractivity contribution in [2.45, 2.75) is 13.0 Å². The largest absolute Gasteiger partial charge is 0.438 e. The van der Waals surface area contributed by atoms with Crippen LogP contribution in [0.1, 0.15) is 15.9 Å². The molecule has 1 amide bonds. The van der Waals surface area contributed by atoms with E-state index in [0.717, 1.165) is 4.88 Å². The number of carbonyl (C=O) groups is 1. The van der Waals surface area contributed by atoms with Gasteiger partial charge in [-0.2, -0.15) is 0 Å². The summed E-state index contributed by atoms with van der Waals surface area (Å²) < 4.78 is 5.17. The first-order chi connectivity index (χ1) is 6.16. The number of hydrogen-bond acceptors (Lipinski definition) is 3. The van der Waals surface area contributed by atoms with Crippen molar-refractivity contribution in [2.75, 3.05) is 13.6 Å². The Balaban J connectivity index is 2.16. The maximum Gasteiger partial charge on any atom is 0.410 e. The fourth-order valence-corrected chi connectivity index (χ4v) is 2.24. The molecule has 1 aliphatic rings. The lowest BCUT2D eigenvalue weighted by molar-refractivity contribution is 0.136. The van der Waals surface area contributed by atoms with Crippen LogP contribution in [0.15, 0.2) is 12.1 Å². The van der Waals surface area contributed by atoms with Gasteiger partial charge in [-0.1, -0.05) is 0 Å². The standard InChI is InChI=1S/C9H11NO2S/c1-6-3-4-8(13-6)7-5-10(2)9(11)12-7/h3-4,7H,5H2,1-2H3. The van der Waals surface area contributed by atoms with Crippen molar-refractivity contribution >= 4 is 17.4 Å². The third-order valence-electron chi connectivity index (χ3n) is 2.07. The molecule has 0 spiro atoms. The molecule has 2 heterocycles. The predicted molar refractivity (Wildman–Crippen MR) is 50.9 cm³/mol. The predicted octanol–water partition coefficient (Wildman–Crippen LogP) is 2.18. The minimum atomic E-state index is -0.226. The summed E-state index contributed by atoms with van der Waals surface area (Å²) in [6, 6.07) is 4.07. The number of likely N-dealkylation sites (N-methyl/N-ethyl adjacent to an activating group) is 1. The van der Waals surface area contributed by atoms with E-state index < -0.39 is 0 Å². The van der Waals surface area contributed by atoms with Gasteiger partial charge in [0.15, 0.2) is 6.10 Å². The summed E-state index contributed by atoms with van der Waals surface area (Å²) in [5.41, 5.74) is 0. The van der Waals surface area contributed by atoms with Gasteiger partial charge in [0.25, 0.3) is 0 Å². The Bertz CT molecular complexity index is 334. The molecule has 0 N–H and O–H groups in total. The zero-order chi connectivity index (χ0) is 9.42. The third kappa shape index (κ3) is 1.54. The van der Waals surface area contributed by atoms with Crippen molar-refractivity contribution in [3.05, 3.63) is 21.9 Å². The van der Waals surface area contributed by atoms with E-state index in [9.17, 15) is 4.79 Å². The van der Waals surface area contributed by atoms with Gasteiger partial charge in [-0.3, -0.25) is 0 Å². The van der Waals surface area contributed by atoms with E-state index in [1.807, 2.05) is 12.1 Å². The summed E-state index contributed by atoms with van der Waals surface area (Å²) in [5.74, 6) is 0. The van der Waals surface area contributed by atoms with Gasteiger partial charge in [-0.15, -0.1) is 11.3 Å². The fourth-order valence-electron chi connectivity index (χ4n) is 1.35. The van der Waals surface area contributed by atoms with E-state index in [0.29, 0.717) is 6.54 Å². The van der Waals surface area contributed by atoms with Gasteiger partial charge in [0.1, 0.15) is 0 Å². The molecule has 0 radical (unpaired) electrons. The Morgan fingerprint density at radius 3 is 2.85 bits per heavy atom. The van der Waals surface area contributed by atoms with Crippen molar-refractivity contribution in [1.29, 1.82) is 0 Å². The summed E-state index contributed by atoms with van der Waals surface area (Å²) in [5, 5.41) is 0. The number of aryl methyl sites for hydroxylation is 1. The Labute approximate surface area is 80.9 Å². The van der Waals surface area contributed by atoms with Crippen LogP contribution in [0.4, 0.5) is 4.79 Å². The fraction of sp³-hybridized carbons (Fsp3) is 0.444. The van der Waals surface area contributed by atoms with Gasteiger partial charge in [0.2, 0.25) is 0 Å². The minimum Gasteiger partial charge on any atom is -0.438 e. The number of rotatable bonds is 1. The van der Waals surface area contributed by atoms with Crippen LogP contribution < -0.4 is 0 Å². The van der Waals surface area contributed by atoms with E-state index in [1.54, 1.807) is 23.3 Å². The molecular weight excluding hydrogens is 186 g/mol. The lowest BCUT2D eigenvalue weighted by Gasteiger charge is -2.03. The van der Waals surface area contributed by atoms with Crippen LogP contribution in [0.3, 0.4) is 0 Å². The maximum atomic E-state index is 11.1. The maximum absolute atomic E-state index is 11.1. The first-order valence-electron chi connectivity index (χ1n) is 4.15. The molecule has 0 aliphatic carbocycles. The molecule has 1 aromatic heterocycles. The molecule has 1 fully saturated rings. The van der Waals surface area contributed by atoms with Crippen LogP contribution in [-0.4, -0.2) is 24.6 Å². The number of cyclic esters (lactones) is 1. The van der Waals surface area contributed by atoms with Crippen molar-refractivity contribution in [3.63, 3.8) is 0 Å². The second kappa shape index (κ2) is 3.03. The van der Waals surface area contributed by atoms with E-state index in [-0.39, 0.29) is 12.2 Å². The topological polar surface area (TPSA) is 29.5 Å². The molecule has 1 atom stereocenters. The average Bonchev–Trinajstić information content (AvgIpc) is 2.61. The van der Waals surface area contributed by atoms with Crippen molar-refractivity contribution in [3.8, 4) is 0 Å². The summed E-state index contributed by atoms with van der Waals surface area (Å²) in [6.07, 6.45) is -0.285. The van der Waals surface area contributed by atoms with E-state index in [4.69, 9.17) is 4.74 Å². The zero-order valence-corrected chi connectivity index (χ0v) is 8.43. The molecule has 2 rings (SSSR count). The van der Waals surface area contributed by atoms with Crippen LogP contribution in [0.5, 0.6) is 0 Å². The molecule has 0 aromatic carbocycles. The summed E-state index contributed by atoms with van der Waals surface area (Å²) in [4.78, 5) is 15.1. The van der Waals surface area contributed by atoms with Gasteiger partial charge < -0.3 is 9.64 Å². The highest BCUT2D eigenvalue weighted by Crippen LogP contribution is 2.30. The Morgan fingerprint density at radius 1 is 1.62 bits per heavy atom. The van der Waals surface area contributed by atoms with Gasteiger partial charge in [0.05, 0.1) is 6.54 Å². The second-order valence-electron chi connectivity index (χ2n) is 3.20. The number of hydrogen-bond donors (Lipinski definition) is 0. The molecule has 4 heteroatoms. The highest BCUT2D eigenvalue weighted by Gasteiger charge is 2.30. The van der Waals surface area contributed by atoms with Crippen molar-refractivity contribution in [2.24, 2.45) is 0 Å². The molecule has 1 aromatic rings. The summed E-state index contributed by atoms with van der Waals surface area (Å²) >= 11 is 1.69. The minimum absolute atomic E-state index is 0.0591. The normalized spacial score (nSPS) is 22.2. The van der Waals surface area contributed by atoms with Gasteiger partial charge >= 0.3 is 6.09 Å². The number of thiophene rings is 1. The SMILES string of the molecule is Cc1ccc(C2CN(C)C(=O)O2)s1. The highest BCUT2D eigenvalue weighted by molar-refractivity contribution is 7.12. The quantitative estimate of drug-likeness (QED) is 0.690.